The molecule has 1 fully saturated rings. The fraction of sp³-hybridized carbons (Fsp3) is 0.818. The molecule has 0 amide bonds. The van der Waals surface area contributed by atoms with E-state index in [-0.39, 0.29) is 6.10 Å². The lowest BCUT2D eigenvalue weighted by Gasteiger charge is -2.41. The normalized spacial score (nSPS) is 41.8. The molecular weight excluding hydrogens is 148 g/mol. The summed E-state index contributed by atoms with van der Waals surface area (Å²) in [6.45, 7) is 2.36. The molecule has 0 aromatic rings. The maximum Gasteiger partial charge on any atom is 0.0577 e. The fourth-order valence-corrected chi connectivity index (χ4v) is 2.63. The number of allylic oxidation sites excluding steroid dienone is 1. The first-order valence-electron chi connectivity index (χ1n) is 5.08. The van der Waals surface area contributed by atoms with Crippen LogP contribution in [0.2, 0.25) is 0 Å². The van der Waals surface area contributed by atoms with Crippen molar-refractivity contribution in [3.05, 3.63) is 11.6 Å². The Morgan fingerprint density at radius 1 is 1.50 bits per heavy atom. The van der Waals surface area contributed by atoms with Crippen molar-refractivity contribution in [3.63, 3.8) is 0 Å². The molecule has 0 heterocycles. The molecule has 0 aromatic carbocycles. The zero-order chi connectivity index (χ0) is 8.60. The van der Waals surface area contributed by atoms with Gasteiger partial charge in [0.15, 0.2) is 0 Å². The summed E-state index contributed by atoms with van der Waals surface area (Å²) in [5.74, 6) is 0. The zero-order valence-electron chi connectivity index (χ0n) is 7.84. The van der Waals surface area contributed by atoms with Crippen molar-refractivity contribution in [2.24, 2.45) is 5.41 Å². The van der Waals surface area contributed by atoms with Gasteiger partial charge in [0.05, 0.1) is 6.10 Å². The molecule has 1 saturated carbocycles. The maximum absolute atomic E-state index is 9.52. The molecule has 2 atom stereocenters. The topological polar surface area (TPSA) is 20.2 Å². The highest BCUT2D eigenvalue weighted by atomic mass is 16.3. The van der Waals surface area contributed by atoms with Crippen molar-refractivity contribution in [2.45, 2.75) is 51.6 Å². The number of hydrogen-bond acceptors (Lipinski definition) is 1. The van der Waals surface area contributed by atoms with Gasteiger partial charge in [-0.05, 0) is 43.9 Å². The largest absolute Gasteiger partial charge is 0.393 e. The van der Waals surface area contributed by atoms with Gasteiger partial charge in [-0.25, -0.2) is 0 Å². The van der Waals surface area contributed by atoms with Gasteiger partial charge in [-0.15, -0.1) is 0 Å². The van der Waals surface area contributed by atoms with E-state index in [1.54, 1.807) is 0 Å². The summed E-state index contributed by atoms with van der Waals surface area (Å²) in [7, 11) is 0. The van der Waals surface area contributed by atoms with E-state index in [0.717, 1.165) is 12.8 Å². The monoisotopic (exact) mass is 166 g/mol. The van der Waals surface area contributed by atoms with Gasteiger partial charge in [0, 0.05) is 0 Å². The second kappa shape index (κ2) is 2.88. The SMILES string of the molecule is C[C@]12CCCC=C1C[C@@H](O)CC2. The van der Waals surface area contributed by atoms with Gasteiger partial charge in [0.2, 0.25) is 0 Å². The minimum absolute atomic E-state index is 0.0533. The van der Waals surface area contributed by atoms with Crippen LogP contribution in [0.1, 0.15) is 45.4 Å². The molecule has 68 valence electrons. The summed E-state index contributed by atoms with van der Waals surface area (Å²) >= 11 is 0. The highest BCUT2D eigenvalue weighted by Crippen LogP contribution is 2.46. The van der Waals surface area contributed by atoms with Crippen LogP contribution < -0.4 is 0 Å². The van der Waals surface area contributed by atoms with Gasteiger partial charge in [0.25, 0.3) is 0 Å². The molecule has 0 aliphatic heterocycles. The van der Waals surface area contributed by atoms with Crippen molar-refractivity contribution in [3.8, 4) is 0 Å². The average Bonchev–Trinajstić information content (AvgIpc) is 2.06. The summed E-state index contributed by atoms with van der Waals surface area (Å²) in [5, 5.41) is 9.52. The fourth-order valence-electron chi connectivity index (χ4n) is 2.63. The number of aliphatic hydroxyl groups excluding tert-OH is 1. The lowest BCUT2D eigenvalue weighted by Crippen LogP contribution is -2.31. The van der Waals surface area contributed by atoms with Gasteiger partial charge in [-0.1, -0.05) is 18.6 Å². The molecule has 0 saturated heterocycles. The second-order valence-electron chi connectivity index (χ2n) is 4.58. The Kier molecular flexibility index (Phi) is 1.99. The van der Waals surface area contributed by atoms with E-state index in [4.69, 9.17) is 0 Å². The first kappa shape index (κ1) is 8.31. The Hall–Kier alpha value is -0.300. The Morgan fingerprint density at radius 2 is 2.33 bits per heavy atom. The minimum atomic E-state index is -0.0533. The molecule has 0 bridgehead atoms. The Morgan fingerprint density at radius 3 is 3.17 bits per heavy atom. The third-order valence-corrected chi connectivity index (χ3v) is 3.58. The maximum atomic E-state index is 9.52. The summed E-state index contributed by atoms with van der Waals surface area (Å²) in [4.78, 5) is 0. The van der Waals surface area contributed by atoms with E-state index in [1.807, 2.05) is 0 Å². The predicted octanol–water partition coefficient (Wildman–Crippen LogP) is 2.65. The first-order chi connectivity index (χ1) is 5.71. The molecule has 1 N–H and O–H groups in total. The standard InChI is InChI=1S/C11H18O/c1-11-6-3-2-4-9(11)8-10(12)5-7-11/h4,10,12H,2-3,5-8H2,1H3/t10-,11+/m0/s1. The molecule has 2 aliphatic rings. The summed E-state index contributed by atoms with van der Waals surface area (Å²) in [5.41, 5.74) is 1.99. The van der Waals surface area contributed by atoms with E-state index in [1.165, 1.54) is 31.3 Å². The van der Waals surface area contributed by atoms with E-state index in [0.29, 0.717) is 5.41 Å². The van der Waals surface area contributed by atoms with Crippen LogP contribution in [0.15, 0.2) is 11.6 Å². The molecule has 0 aromatic heterocycles. The van der Waals surface area contributed by atoms with Gasteiger partial charge in [-0.3, -0.25) is 0 Å². The number of rotatable bonds is 0. The third kappa shape index (κ3) is 1.31. The average molecular weight is 166 g/mol. The highest BCUT2D eigenvalue weighted by molar-refractivity contribution is 5.19. The molecule has 1 heteroatoms. The van der Waals surface area contributed by atoms with Crippen molar-refractivity contribution in [2.75, 3.05) is 0 Å². The van der Waals surface area contributed by atoms with Crippen LogP contribution >= 0.6 is 0 Å². The third-order valence-electron chi connectivity index (χ3n) is 3.58. The minimum Gasteiger partial charge on any atom is -0.393 e. The molecular formula is C11H18O. The van der Waals surface area contributed by atoms with Gasteiger partial charge >= 0.3 is 0 Å². The highest BCUT2D eigenvalue weighted by Gasteiger charge is 2.35. The van der Waals surface area contributed by atoms with Crippen molar-refractivity contribution in [1.29, 1.82) is 0 Å². The Bertz CT molecular complexity index is 207. The molecule has 0 spiro atoms. The molecule has 0 unspecified atom stereocenters. The van der Waals surface area contributed by atoms with Crippen LogP contribution in [0.25, 0.3) is 0 Å². The number of hydrogen-bond donors (Lipinski definition) is 1. The molecule has 2 aliphatic carbocycles. The Labute approximate surface area is 74.5 Å². The summed E-state index contributed by atoms with van der Waals surface area (Å²) < 4.78 is 0. The van der Waals surface area contributed by atoms with Crippen molar-refractivity contribution < 1.29 is 5.11 Å². The van der Waals surface area contributed by atoms with E-state index >= 15 is 0 Å². The van der Waals surface area contributed by atoms with Crippen LogP contribution in [0.4, 0.5) is 0 Å². The van der Waals surface area contributed by atoms with Crippen LogP contribution in [0, 0.1) is 5.41 Å². The first-order valence-corrected chi connectivity index (χ1v) is 5.08. The zero-order valence-corrected chi connectivity index (χ0v) is 7.84. The molecule has 0 radical (unpaired) electrons. The van der Waals surface area contributed by atoms with E-state index in [2.05, 4.69) is 13.0 Å². The molecule has 12 heavy (non-hydrogen) atoms. The van der Waals surface area contributed by atoms with Crippen LogP contribution in [0.5, 0.6) is 0 Å². The molecule has 2 rings (SSSR count). The smallest absolute Gasteiger partial charge is 0.0577 e. The van der Waals surface area contributed by atoms with Crippen molar-refractivity contribution >= 4 is 0 Å². The predicted molar refractivity (Wildman–Crippen MR) is 49.9 cm³/mol. The number of aliphatic hydroxyl groups is 1. The van der Waals surface area contributed by atoms with E-state index < -0.39 is 0 Å². The lowest BCUT2D eigenvalue weighted by molar-refractivity contribution is 0.104. The summed E-state index contributed by atoms with van der Waals surface area (Å²) in [6, 6.07) is 0. The number of fused-ring (bicyclic) bond motifs is 1. The van der Waals surface area contributed by atoms with Gasteiger partial charge in [-0.2, -0.15) is 0 Å². The molecule has 1 nitrogen and oxygen atoms in total. The quantitative estimate of drug-likeness (QED) is 0.548. The Balaban J connectivity index is 2.19. The van der Waals surface area contributed by atoms with Gasteiger partial charge < -0.3 is 5.11 Å². The van der Waals surface area contributed by atoms with Crippen LogP contribution in [-0.2, 0) is 0 Å². The summed E-state index contributed by atoms with van der Waals surface area (Å²) in [6.07, 6.45) is 9.37. The van der Waals surface area contributed by atoms with Crippen LogP contribution in [0.3, 0.4) is 0 Å². The second-order valence-corrected chi connectivity index (χ2v) is 4.58. The van der Waals surface area contributed by atoms with E-state index in [9.17, 15) is 5.11 Å². The van der Waals surface area contributed by atoms with Crippen LogP contribution in [-0.4, -0.2) is 11.2 Å². The lowest BCUT2D eigenvalue weighted by atomic mass is 9.65. The van der Waals surface area contributed by atoms with Crippen molar-refractivity contribution in [1.82, 2.24) is 0 Å². The van der Waals surface area contributed by atoms with Gasteiger partial charge in [0.1, 0.15) is 0 Å².